The summed E-state index contributed by atoms with van der Waals surface area (Å²) in [5.41, 5.74) is 1.98. The summed E-state index contributed by atoms with van der Waals surface area (Å²) >= 11 is 0. The highest BCUT2D eigenvalue weighted by Gasteiger charge is 2.32. The predicted octanol–water partition coefficient (Wildman–Crippen LogP) is 1.91. The van der Waals surface area contributed by atoms with Gasteiger partial charge in [-0.3, -0.25) is 14.5 Å². The smallest absolute Gasteiger partial charge is 0.319 e. The van der Waals surface area contributed by atoms with E-state index in [-0.39, 0.29) is 5.69 Å². The van der Waals surface area contributed by atoms with E-state index < -0.39 is 36.4 Å². The average Bonchev–Trinajstić information content (AvgIpc) is 2.81. The van der Waals surface area contributed by atoms with Crippen LogP contribution in [0.15, 0.2) is 84.9 Å². The first-order valence-corrected chi connectivity index (χ1v) is 10.4. The topological polar surface area (TPSA) is 131 Å². The Morgan fingerprint density at radius 3 is 2.06 bits per heavy atom. The fraction of sp³-hybridized carbons (Fsp3) is 0.120. The minimum absolute atomic E-state index is 0.158. The van der Waals surface area contributed by atoms with Crippen LogP contribution in [0.5, 0.6) is 0 Å². The number of nitrogens with zero attached hydrogens (tertiary/aromatic N) is 1. The lowest BCUT2D eigenvalue weighted by atomic mass is 10.1. The summed E-state index contributed by atoms with van der Waals surface area (Å²) in [4.78, 5) is 51.0. The third-order valence-electron chi connectivity index (χ3n) is 4.75. The largest absolute Gasteiger partial charge is 0.547 e. The second-order valence-corrected chi connectivity index (χ2v) is 7.35. The van der Waals surface area contributed by atoms with Gasteiger partial charge >= 0.3 is 6.03 Å². The molecule has 0 spiro atoms. The van der Waals surface area contributed by atoms with Crippen molar-refractivity contribution >= 4 is 40.9 Å². The van der Waals surface area contributed by atoms with Crippen molar-refractivity contribution in [2.24, 2.45) is 0 Å². The lowest BCUT2D eigenvalue weighted by Crippen LogP contribution is -2.58. The highest BCUT2D eigenvalue weighted by Crippen LogP contribution is 2.18. The van der Waals surface area contributed by atoms with Gasteiger partial charge in [0.05, 0.1) is 12.5 Å². The standard InChI is InChI=1S/C25H24N4O5/c1-17-9-8-12-19(15-17)28-25(34)26-16-21(30)29(20-13-6-3-7-14-20)22(24(32)33)23(31)27-18-10-4-2-5-11-18/h2-15,22H,16H2,1H3,(H,27,31)(H,32,33)(H2,26,28,34)/p-1. The van der Waals surface area contributed by atoms with E-state index in [1.807, 2.05) is 13.0 Å². The predicted molar refractivity (Wildman–Crippen MR) is 126 cm³/mol. The van der Waals surface area contributed by atoms with Crippen molar-refractivity contribution in [3.05, 3.63) is 90.5 Å². The van der Waals surface area contributed by atoms with E-state index in [0.717, 1.165) is 10.5 Å². The molecule has 0 bridgehead atoms. The summed E-state index contributed by atoms with van der Waals surface area (Å²) in [5.74, 6) is -3.55. The quantitative estimate of drug-likeness (QED) is 0.443. The number of hydrogen-bond acceptors (Lipinski definition) is 5. The highest BCUT2D eigenvalue weighted by atomic mass is 16.4. The molecule has 3 aromatic rings. The van der Waals surface area contributed by atoms with Crippen LogP contribution in [0.25, 0.3) is 0 Å². The Morgan fingerprint density at radius 1 is 0.824 bits per heavy atom. The van der Waals surface area contributed by atoms with Gasteiger partial charge in [-0.1, -0.05) is 48.5 Å². The van der Waals surface area contributed by atoms with Crippen LogP contribution in [0.3, 0.4) is 0 Å². The van der Waals surface area contributed by atoms with Crippen LogP contribution < -0.4 is 26.0 Å². The number of rotatable bonds is 8. The number of aryl methyl sites for hydroxylation is 1. The fourth-order valence-electron chi connectivity index (χ4n) is 3.23. The number of aliphatic carboxylic acids is 1. The lowest BCUT2D eigenvalue weighted by Gasteiger charge is -2.31. The van der Waals surface area contributed by atoms with Gasteiger partial charge in [0.15, 0.2) is 6.04 Å². The van der Waals surface area contributed by atoms with Crippen LogP contribution in [-0.4, -0.2) is 36.4 Å². The highest BCUT2D eigenvalue weighted by molar-refractivity contribution is 6.15. The molecule has 0 fully saturated rings. The van der Waals surface area contributed by atoms with Gasteiger partial charge in [0.2, 0.25) is 5.91 Å². The first kappa shape index (κ1) is 24.0. The SMILES string of the molecule is Cc1cccc(NC(=O)NCC(=O)N(c2ccccc2)C(C(=O)[O-])C(=O)Nc2ccccc2)c1. The summed E-state index contributed by atoms with van der Waals surface area (Å²) < 4.78 is 0. The van der Waals surface area contributed by atoms with Gasteiger partial charge < -0.3 is 25.9 Å². The first-order valence-electron chi connectivity index (χ1n) is 10.4. The van der Waals surface area contributed by atoms with E-state index in [1.54, 1.807) is 66.7 Å². The number of anilines is 3. The Morgan fingerprint density at radius 2 is 1.44 bits per heavy atom. The molecule has 3 N–H and O–H groups in total. The molecule has 1 atom stereocenters. The molecule has 0 aliphatic heterocycles. The number of nitrogens with one attached hydrogen (secondary N) is 3. The van der Waals surface area contributed by atoms with Crippen molar-refractivity contribution in [3.63, 3.8) is 0 Å². The first-order chi connectivity index (χ1) is 16.3. The molecule has 9 heteroatoms. The molecule has 0 heterocycles. The van der Waals surface area contributed by atoms with Gasteiger partial charge in [-0.05, 0) is 48.9 Å². The lowest BCUT2D eigenvalue weighted by molar-refractivity contribution is -0.306. The molecule has 3 aromatic carbocycles. The van der Waals surface area contributed by atoms with Crippen molar-refractivity contribution in [1.29, 1.82) is 0 Å². The van der Waals surface area contributed by atoms with Gasteiger partial charge in [0.25, 0.3) is 5.91 Å². The molecule has 0 radical (unpaired) electrons. The molecule has 9 nitrogen and oxygen atoms in total. The van der Waals surface area contributed by atoms with Crippen molar-refractivity contribution in [3.8, 4) is 0 Å². The molecule has 0 saturated carbocycles. The minimum atomic E-state index is -1.98. The zero-order valence-electron chi connectivity index (χ0n) is 18.4. The Balaban J connectivity index is 1.78. The molecule has 0 aliphatic carbocycles. The van der Waals surface area contributed by atoms with Crippen LogP contribution >= 0.6 is 0 Å². The summed E-state index contributed by atoms with van der Waals surface area (Å²) in [6, 6.07) is 20.5. The Bertz CT molecular complexity index is 1170. The zero-order valence-corrected chi connectivity index (χ0v) is 18.4. The van der Waals surface area contributed by atoms with E-state index in [1.165, 1.54) is 12.1 Å². The Kier molecular flexibility index (Phi) is 7.96. The number of carboxylic acid groups (broad SMARTS) is 1. The van der Waals surface area contributed by atoms with E-state index in [2.05, 4.69) is 16.0 Å². The molecule has 174 valence electrons. The third kappa shape index (κ3) is 6.42. The van der Waals surface area contributed by atoms with E-state index in [0.29, 0.717) is 11.4 Å². The van der Waals surface area contributed by atoms with Crippen molar-refractivity contribution < 1.29 is 24.3 Å². The van der Waals surface area contributed by atoms with Crippen molar-refractivity contribution in [2.45, 2.75) is 13.0 Å². The van der Waals surface area contributed by atoms with Crippen molar-refractivity contribution in [1.82, 2.24) is 5.32 Å². The number of para-hydroxylation sites is 2. The minimum Gasteiger partial charge on any atom is -0.547 e. The van der Waals surface area contributed by atoms with Crippen LogP contribution in [0.1, 0.15) is 5.56 Å². The average molecular weight is 459 g/mol. The van der Waals surface area contributed by atoms with E-state index in [4.69, 9.17) is 0 Å². The number of urea groups is 1. The van der Waals surface area contributed by atoms with Crippen molar-refractivity contribution in [2.75, 3.05) is 22.1 Å². The zero-order chi connectivity index (χ0) is 24.5. The van der Waals surface area contributed by atoms with Gasteiger partial charge in [-0.2, -0.15) is 0 Å². The second-order valence-electron chi connectivity index (χ2n) is 7.35. The maximum Gasteiger partial charge on any atom is 0.319 e. The number of benzene rings is 3. The number of hydrogen-bond donors (Lipinski definition) is 3. The van der Waals surface area contributed by atoms with Crippen LogP contribution in [0.4, 0.5) is 21.9 Å². The molecule has 3 rings (SSSR count). The summed E-state index contributed by atoms with van der Waals surface area (Å²) in [5, 5.41) is 19.5. The molecule has 34 heavy (non-hydrogen) atoms. The van der Waals surface area contributed by atoms with Gasteiger partial charge in [-0.15, -0.1) is 0 Å². The van der Waals surface area contributed by atoms with Gasteiger partial charge in [0.1, 0.15) is 0 Å². The van der Waals surface area contributed by atoms with Crippen LogP contribution in [0, 0.1) is 6.92 Å². The monoisotopic (exact) mass is 459 g/mol. The number of carbonyl (C=O) groups is 4. The Hall–Kier alpha value is -4.66. The Labute approximate surface area is 196 Å². The molecular formula is C25H23N4O5-. The summed E-state index contributed by atoms with van der Waals surface area (Å²) in [7, 11) is 0. The molecule has 0 aromatic heterocycles. The molecule has 1 unspecified atom stereocenters. The molecule has 0 saturated heterocycles. The summed E-state index contributed by atoms with van der Waals surface area (Å²) in [6.07, 6.45) is 0. The van der Waals surface area contributed by atoms with Crippen LogP contribution in [-0.2, 0) is 14.4 Å². The van der Waals surface area contributed by atoms with Gasteiger partial charge in [0, 0.05) is 17.1 Å². The third-order valence-corrected chi connectivity index (χ3v) is 4.75. The number of carbonyl (C=O) groups excluding carboxylic acids is 4. The molecular weight excluding hydrogens is 436 g/mol. The molecule has 0 aliphatic rings. The maximum absolute atomic E-state index is 13.1. The van der Waals surface area contributed by atoms with E-state index >= 15 is 0 Å². The fourth-order valence-corrected chi connectivity index (χ4v) is 3.23. The second kappa shape index (κ2) is 11.3. The summed E-state index contributed by atoms with van der Waals surface area (Å²) in [6.45, 7) is 1.31. The number of carboxylic acids is 1. The molecule has 4 amide bonds. The maximum atomic E-state index is 13.1. The normalized spacial score (nSPS) is 11.1. The van der Waals surface area contributed by atoms with Crippen LogP contribution in [0.2, 0.25) is 0 Å². The van der Waals surface area contributed by atoms with E-state index in [9.17, 15) is 24.3 Å². The number of amides is 4. The van der Waals surface area contributed by atoms with Gasteiger partial charge in [-0.25, -0.2) is 4.79 Å².